The molecule has 0 fully saturated rings. The second-order valence-corrected chi connectivity index (χ2v) is 5.69. The van der Waals surface area contributed by atoms with Crippen LogP contribution in [-0.2, 0) is 19.5 Å². The van der Waals surface area contributed by atoms with Gasteiger partial charge in [0.15, 0.2) is 11.8 Å². The summed E-state index contributed by atoms with van der Waals surface area (Å²) >= 11 is 0. The summed E-state index contributed by atoms with van der Waals surface area (Å²) in [6.07, 6.45) is 4.63. The molecule has 0 saturated carbocycles. The first-order valence-corrected chi connectivity index (χ1v) is 7.77. The molecule has 6 nitrogen and oxygen atoms in total. The van der Waals surface area contributed by atoms with Gasteiger partial charge in [0.2, 0.25) is 0 Å². The average Bonchev–Trinajstić information content (AvgIpc) is 2.75. The van der Waals surface area contributed by atoms with Gasteiger partial charge in [-0.25, -0.2) is 4.99 Å². The van der Waals surface area contributed by atoms with Gasteiger partial charge in [-0.2, -0.15) is 0 Å². The Labute approximate surface area is 130 Å². The maximum Gasteiger partial charge on any atom is 0.193 e. The second kappa shape index (κ2) is 6.60. The third kappa shape index (κ3) is 3.44. The molecular weight excluding hydrogens is 276 g/mol. The summed E-state index contributed by atoms with van der Waals surface area (Å²) in [6.45, 7) is 3.49. The zero-order valence-corrected chi connectivity index (χ0v) is 12.9. The van der Waals surface area contributed by atoms with E-state index in [0.29, 0.717) is 12.5 Å². The molecule has 3 rings (SSSR count). The Morgan fingerprint density at radius 2 is 2.05 bits per heavy atom. The number of benzene rings is 1. The molecule has 0 aliphatic carbocycles. The fraction of sp³-hybridized carbons (Fsp3) is 0.438. The van der Waals surface area contributed by atoms with Crippen molar-refractivity contribution in [3.8, 4) is 0 Å². The number of fused-ring (bicyclic) bond motifs is 1. The molecule has 116 valence electrons. The molecule has 22 heavy (non-hydrogen) atoms. The van der Waals surface area contributed by atoms with Crippen LogP contribution in [0.4, 0.5) is 5.69 Å². The van der Waals surface area contributed by atoms with Gasteiger partial charge in [0.25, 0.3) is 0 Å². The molecule has 1 aliphatic heterocycles. The van der Waals surface area contributed by atoms with E-state index in [9.17, 15) is 0 Å². The number of aliphatic imine (C=N–C) groups is 1. The number of hydrogen-bond donors (Lipinski definition) is 2. The van der Waals surface area contributed by atoms with E-state index < -0.39 is 0 Å². The van der Waals surface area contributed by atoms with E-state index in [-0.39, 0.29) is 0 Å². The number of nitrogens with one attached hydrogen (secondary N) is 1. The van der Waals surface area contributed by atoms with E-state index >= 15 is 0 Å². The fourth-order valence-corrected chi connectivity index (χ4v) is 2.64. The van der Waals surface area contributed by atoms with Gasteiger partial charge in [-0.15, -0.1) is 10.2 Å². The van der Waals surface area contributed by atoms with Gasteiger partial charge in [0.1, 0.15) is 12.4 Å². The number of nitrogens with two attached hydrogens (primary N) is 1. The average molecular weight is 298 g/mol. The molecule has 6 heteroatoms. The molecule has 1 aliphatic rings. The van der Waals surface area contributed by atoms with Crippen molar-refractivity contribution in [2.24, 2.45) is 10.7 Å². The van der Waals surface area contributed by atoms with Crippen molar-refractivity contribution in [1.82, 2.24) is 14.8 Å². The summed E-state index contributed by atoms with van der Waals surface area (Å²) in [5.41, 5.74) is 8.10. The minimum Gasteiger partial charge on any atom is -0.370 e. The Morgan fingerprint density at radius 3 is 2.86 bits per heavy atom. The van der Waals surface area contributed by atoms with Gasteiger partial charge in [0, 0.05) is 18.7 Å². The Morgan fingerprint density at radius 1 is 1.23 bits per heavy atom. The van der Waals surface area contributed by atoms with Crippen LogP contribution in [0.5, 0.6) is 0 Å². The quantitative estimate of drug-likeness (QED) is 0.672. The number of guanidine groups is 1. The first-order chi connectivity index (χ1) is 10.7. The highest BCUT2D eigenvalue weighted by atomic mass is 15.3. The number of aromatic nitrogens is 3. The third-order valence-electron chi connectivity index (χ3n) is 3.90. The van der Waals surface area contributed by atoms with Crippen LogP contribution in [0.15, 0.2) is 29.3 Å². The predicted octanol–water partition coefficient (Wildman–Crippen LogP) is 2.24. The normalized spacial score (nSPS) is 15.2. The molecule has 0 amide bonds. The Hall–Kier alpha value is -2.37. The van der Waals surface area contributed by atoms with Crippen molar-refractivity contribution < 1.29 is 0 Å². The SMILES string of the molecule is Cc1ccc(NC(N)=NCc2nnc3n2CCCCC3)cc1. The van der Waals surface area contributed by atoms with Crippen molar-refractivity contribution in [3.05, 3.63) is 41.5 Å². The van der Waals surface area contributed by atoms with Gasteiger partial charge in [-0.05, 0) is 31.9 Å². The van der Waals surface area contributed by atoms with Crippen molar-refractivity contribution in [1.29, 1.82) is 0 Å². The predicted molar refractivity (Wildman–Crippen MR) is 87.7 cm³/mol. The van der Waals surface area contributed by atoms with Crippen LogP contribution in [-0.4, -0.2) is 20.7 Å². The summed E-state index contributed by atoms with van der Waals surface area (Å²) in [7, 11) is 0. The number of aryl methyl sites for hydroxylation is 2. The smallest absolute Gasteiger partial charge is 0.193 e. The largest absolute Gasteiger partial charge is 0.370 e. The van der Waals surface area contributed by atoms with Crippen molar-refractivity contribution in [3.63, 3.8) is 0 Å². The third-order valence-corrected chi connectivity index (χ3v) is 3.90. The lowest BCUT2D eigenvalue weighted by Crippen LogP contribution is -2.23. The van der Waals surface area contributed by atoms with Gasteiger partial charge in [-0.1, -0.05) is 24.1 Å². The number of nitrogens with zero attached hydrogens (tertiary/aromatic N) is 4. The number of hydrogen-bond acceptors (Lipinski definition) is 3. The topological polar surface area (TPSA) is 81.1 Å². The van der Waals surface area contributed by atoms with Gasteiger partial charge in [-0.3, -0.25) is 0 Å². The first kappa shape index (κ1) is 14.6. The Kier molecular flexibility index (Phi) is 4.37. The van der Waals surface area contributed by atoms with Crippen molar-refractivity contribution in [2.45, 2.75) is 45.7 Å². The van der Waals surface area contributed by atoms with Crippen LogP contribution >= 0.6 is 0 Å². The standard InChI is InChI=1S/C16H22N6/c1-12-6-8-13(9-7-12)19-16(17)18-11-15-21-20-14-5-3-2-4-10-22(14)15/h6-9H,2-5,10-11H2,1H3,(H3,17,18,19). The zero-order valence-electron chi connectivity index (χ0n) is 12.9. The minimum absolute atomic E-state index is 0.398. The molecule has 0 bridgehead atoms. The molecule has 3 N–H and O–H groups in total. The van der Waals surface area contributed by atoms with Crippen LogP contribution < -0.4 is 11.1 Å². The lowest BCUT2D eigenvalue weighted by Gasteiger charge is -2.07. The molecule has 1 aromatic carbocycles. The Bertz CT molecular complexity index is 656. The van der Waals surface area contributed by atoms with E-state index in [1.807, 2.05) is 24.3 Å². The van der Waals surface area contributed by atoms with Crippen molar-refractivity contribution >= 4 is 11.6 Å². The summed E-state index contributed by atoms with van der Waals surface area (Å²) in [5.74, 6) is 2.37. The molecule has 0 saturated heterocycles. The molecule has 0 atom stereocenters. The highest BCUT2D eigenvalue weighted by Crippen LogP contribution is 2.15. The monoisotopic (exact) mass is 298 g/mol. The highest BCUT2D eigenvalue weighted by Gasteiger charge is 2.14. The molecule has 0 radical (unpaired) electrons. The van der Waals surface area contributed by atoms with E-state index in [0.717, 1.165) is 30.3 Å². The molecular formula is C16H22N6. The second-order valence-electron chi connectivity index (χ2n) is 5.69. The maximum absolute atomic E-state index is 5.95. The number of rotatable bonds is 3. The van der Waals surface area contributed by atoms with E-state index in [1.54, 1.807) is 0 Å². The lowest BCUT2D eigenvalue weighted by molar-refractivity contribution is 0.606. The van der Waals surface area contributed by atoms with E-state index in [2.05, 4.69) is 32.0 Å². The van der Waals surface area contributed by atoms with Gasteiger partial charge >= 0.3 is 0 Å². The zero-order chi connectivity index (χ0) is 15.4. The molecule has 1 aromatic heterocycles. The van der Waals surface area contributed by atoms with Crippen LogP contribution in [0.2, 0.25) is 0 Å². The highest BCUT2D eigenvalue weighted by molar-refractivity contribution is 5.92. The minimum atomic E-state index is 0.398. The molecule has 2 heterocycles. The lowest BCUT2D eigenvalue weighted by atomic mass is 10.2. The van der Waals surface area contributed by atoms with Crippen LogP contribution in [0.3, 0.4) is 0 Å². The van der Waals surface area contributed by atoms with Gasteiger partial charge < -0.3 is 15.6 Å². The van der Waals surface area contributed by atoms with Crippen molar-refractivity contribution in [2.75, 3.05) is 5.32 Å². The Balaban J connectivity index is 1.66. The summed E-state index contributed by atoms with van der Waals surface area (Å²) in [6, 6.07) is 8.05. The van der Waals surface area contributed by atoms with Crippen LogP contribution in [0, 0.1) is 6.92 Å². The first-order valence-electron chi connectivity index (χ1n) is 7.77. The van der Waals surface area contributed by atoms with Gasteiger partial charge in [0.05, 0.1) is 0 Å². The summed E-state index contributed by atoms with van der Waals surface area (Å²) in [5, 5.41) is 11.6. The fourth-order valence-electron chi connectivity index (χ4n) is 2.64. The number of anilines is 1. The molecule has 0 unspecified atom stereocenters. The van der Waals surface area contributed by atoms with E-state index in [1.165, 1.54) is 24.8 Å². The summed E-state index contributed by atoms with van der Waals surface area (Å²) < 4.78 is 2.19. The van der Waals surface area contributed by atoms with E-state index in [4.69, 9.17) is 5.73 Å². The molecule has 2 aromatic rings. The summed E-state index contributed by atoms with van der Waals surface area (Å²) in [4.78, 5) is 4.38. The van der Waals surface area contributed by atoms with Crippen LogP contribution in [0.25, 0.3) is 0 Å². The maximum atomic E-state index is 5.95. The molecule has 0 spiro atoms. The van der Waals surface area contributed by atoms with Crippen LogP contribution in [0.1, 0.15) is 36.5 Å².